The van der Waals surface area contributed by atoms with Crippen LogP contribution in [0.25, 0.3) is 0 Å². The standard InChI is InChI=1S/C16H19NS/c1-17(2)13-12-14-8-6-7-11-16(14)18-15-9-4-3-5-10-15/h3-11H,12-13H2,1-2H3/p+1. The van der Waals surface area contributed by atoms with Gasteiger partial charge >= 0.3 is 0 Å². The van der Waals surface area contributed by atoms with Gasteiger partial charge in [-0.3, -0.25) is 0 Å². The summed E-state index contributed by atoms with van der Waals surface area (Å²) in [5.74, 6) is 0. The van der Waals surface area contributed by atoms with E-state index in [1.165, 1.54) is 26.8 Å². The van der Waals surface area contributed by atoms with E-state index in [-0.39, 0.29) is 0 Å². The minimum absolute atomic E-state index is 1.14. The number of hydrogen-bond donors (Lipinski definition) is 1. The zero-order chi connectivity index (χ0) is 12.8. The minimum Gasteiger partial charge on any atom is -0.340 e. The summed E-state index contributed by atoms with van der Waals surface area (Å²) >= 11 is 1.86. The third-order valence-corrected chi connectivity index (χ3v) is 3.96. The largest absolute Gasteiger partial charge is 0.340 e. The van der Waals surface area contributed by atoms with E-state index in [0.717, 1.165) is 6.42 Å². The van der Waals surface area contributed by atoms with Crippen LogP contribution in [0.15, 0.2) is 64.4 Å². The number of rotatable bonds is 5. The Labute approximate surface area is 114 Å². The zero-order valence-corrected chi connectivity index (χ0v) is 11.8. The van der Waals surface area contributed by atoms with Gasteiger partial charge in [-0.15, -0.1) is 0 Å². The molecule has 2 aromatic carbocycles. The molecule has 1 nitrogen and oxygen atoms in total. The molecule has 1 N–H and O–H groups in total. The molecular weight excluding hydrogens is 238 g/mol. The van der Waals surface area contributed by atoms with Gasteiger partial charge in [0.25, 0.3) is 0 Å². The Kier molecular flexibility index (Phi) is 4.85. The normalized spacial score (nSPS) is 10.8. The summed E-state index contributed by atoms with van der Waals surface area (Å²) in [6.45, 7) is 1.17. The molecule has 0 aliphatic rings. The first kappa shape index (κ1) is 13.2. The van der Waals surface area contributed by atoms with Gasteiger partial charge in [-0.25, -0.2) is 0 Å². The summed E-state index contributed by atoms with van der Waals surface area (Å²) in [4.78, 5) is 4.18. The molecule has 0 bridgehead atoms. The maximum atomic E-state index is 2.24. The summed E-state index contributed by atoms with van der Waals surface area (Å²) in [6, 6.07) is 19.3. The van der Waals surface area contributed by atoms with E-state index >= 15 is 0 Å². The first-order chi connectivity index (χ1) is 8.75. The van der Waals surface area contributed by atoms with Crippen molar-refractivity contribution in [3.05, 3.63) is 60.2 Å². The van der Waals surface area contributed by atoms with Crippen LogP contribution in [0.3, 0.4) is 0 Å². The van der Waals surface area contributed by atoms with Crippen molar-refractivity contribution < 1.29 is 4.90 Å². The Morgan fingerprint density at radius 3 is 2.28 bits per heavy atom. The lowest BCUT2D eigenvalue weighted by Crippen LogP contribution is -3.05. The van der Waals surface area contributed by atoms with Gasteiger partial charge in [0.05, 0.1) is 20.6 Å². The maximum Gasteiger partial charge on any atom is 0.0808 e. The third kappa shape index (κ3) is 3.90. The Bertz CT molecular complexity index is 479. The van der Waals surface area contributed by atoms with Crippen molar-refractivity contribution in [2.24, 2.45) is 0 Å². The van der Waals surface area contributed by atoms with Crippen molar-refractivity contribution in [1.82, 2.24) is 0 Å². The Hall–Kier alpha value is -1.25. The Balaban J connectivity index is 2.12. The van der Waals surface area contributed by atoms with Crippen LogP contribution in [0.1, 0.15) is 5.56 Å². The second kappa shape index (κ2) is 6.62. The van der Waals surface area contributed by atoms with E-state index in [0.29, 0.717) is 0 Å². The summed E-state index contributed by atoms with van der Waals surface area (Å²) in [7, 11) is 4.40. The molecule has 0 heterocycles. The van der Waals surface area contributed by atoms with Crippen molar-refractivity contribution in [2.75, 3.05) is 20.6 Å². The molecule has 0 aliphatic heterocycles. The molecule has 18 heavy (non-hydrogen) atoms. The molecule has 2 rings (SSSR count). The molecule has 0 aromatic heterocycles. The topological polar surface area (TPSA) is 4.44 Å². The maximum absolute atomic E-state index is 2.24. The van der Waals surface area contributed by atoms with Crippen molar-refractivity contribution in [3.8, 4) is 0 Å². The zero-order valence-electron chi connectivity index (χ0n) is 11.0. The number of nitrogens with one attached hydrogen (secondary N) is 1. The van der Waals surface area contributed by atoms with E-state index in [9.17, 15) is 0 Å². The van der Waals surface area contributed by atoms with Gasteiger partial charge in [0, 0.05) is 16.2 Å². The van der Waals surface area contributed by atoms with Gasteiger partial charge in [-0.1, -0.05) is 48.2 Å². The van der Waals surface area contributed by atoms with E-state index < -0.39 is 0 Å². The molecule has 0 spiro atoms. The smallest absolute Gasteiger partial charge is 0.0808 e. The van der Waals surface area contributed by atoms with Crippen LogP contribution in [-0.4, -0.2) is 20.6 Å². The molecular formula is C16H20NS+. The molecule has 0 saturated heterocycles. The molecule has 94 valence electrons. The lowest BCUT2D eigenvalue weighted by atomic mass is 10.1. The van der Waals surface area contributed by atoms with Crippen molar-refractivity contribution >= 4 is 11.8 Å². The monoisotopic (exact) mass is 258 g/mol. The lowest BCUT2D eigenvalue weighted by molar-refractivity contribution is -0.858. The van der Waals surface area contributed by atoms with Crippen LogP contribution in [0, 0.1) is 0 Å². The SMILES string of the molecule is C[NH+](C)CCc1ccccc1Sc1ccccc1. The molecule has 0 atom stereocenters. The van der Waals surface area contributed by atoms with E-state index in [1.54, 1.807) is 0 Å². The predicted octanol–water partition coefficient (Wildman–Crippen LogP) is 2.52. The molecule has 0 fully saturated rings. The van der Waals surface area contributed by atoms with Gasteiger partial charge in [-0.05, 0) is 23.8 Å². The highest BCUT2D eigenvalue weighted by molar-refractivity contribution is 7.99. The van der Waals surface area contributed by atoms with Gasteiger partial charge < -0.3 is 4.90 Å². The number of likely N-dealkylation sites (N-methyl/N-ethyl adjacent to an activating group) is 1. The number of hydrogen-bond acceptors (Lipinski definition) is 1. The van der Waals surface area contributed by atoms with Crippen molar-refractivity contribution in [2.45, 2.75) is 16.2 Å². The molecule has 0 aliphatic carbocycles. The van der Waals surface area contributed by atoms with Crippen molar-refractivity contribution in [3.63, 3.8) is 0 Å². The molecule has 0 amide bonds. The average molecular weight is 258 g/mol. The molecule has 2 aromatic rings. The predicted molar refractivity (Wildman–Crippen MR) is 78.4 cm³/mol. The molecule has 2 heteroatoms. The van der Waals surface area contributed by atoms with E-state index in [2.05, 4.69) is 68.7 Å². The van der Waals surface area contributed by atoms with Crippen LogP contribution in [0.5, 0.6) is 0 Å². The Morgan fingerprint density at radius 2 is 1.56 bits per heavy atom. The van der Waals surface area contributed by atoms with Gasteiger partial charge in [0.15, 0.2) is 0 Å². The second-order valence-electron chi connectivity index (χ2n) is 4.73. The number of quaternary nitrogens is 1. The fourth-order valence-corrected chi connectivity index (χ4v) is 2.81. The summed E-state index contributed by atoms with van der Waals surface area (Å²) in [6.07, 6.45) is 1.14. The summed E-state index contributed by atoms with van der Waals surface area (Å²) < 4.78 is 0. The average Bonchev–Trinajstić information content (AvgIpc) is 2.39. The molecule has 0 saturated carbocycles. The highest BCUT2D eigenvalue weighted by Gasteiger charge is 2.05. The van der Waals surface area contributed by atoms with Crippen LogP contribution >= 0.6 is 11.8 Å². The van der Waals surface area contributed by atoms with Crippen LogP contribution in [0.4, 0.5) is 0 Å². The van der Waals surface area contributed by atoms with Crippen LogP contribution in [-0.2, 0) is 6.42 Å². The van der Waals surface area contributed by atoms with Gasteiger partial charge in [0.2, 0.25) is 0 Å². The summed E-state index contributed by atoms with van der Waals surface area (Å²) in [5, 5.41) is 0. The first-order valence-corrected chi connectivity index (χ1v) is 7.17. The first-order valence-electron chi connectivity index (χ1n) is 6.35. The fraction of sp³-hybridized carbons (Fsp3) is 0.250. The van der Waals surface area contributed by atoms with Gasteiger partial charge in [0.1, 0.15) is 0 Å². The fourth-order valence-electron chi connectivity index (χ4n) is 1.81. The highest BCUT2D eigenvalue weighted by atomic mass is 32.2. The third-order valence-electron chi connectivity index (χ3n) is 2.84. The van der Waals surface area contributed by atoms with Crippen LogP contribution in [0.2, 0.25) is 0 Å². The molecule has 0 unspecified atom stereocenters. The quantitative estimate of drug-likeness (QED) is 0.863. The number of benzene rings is 2. The highest BCUT2D eigenvalue weighted by Crippen LogP contribution is 2.30. The second-order valence-corrected chi connectivity index (χ2v) is 5.85. The van der Waals surface area contributed by atoms with E-state index in [4.69, 9.17) is 0 Å². The Morgan fingerprint density at radius 1 is 0.889 bits per heavy atom. The van der Waals surface area contributed by atoms with Gasteiger partial charge in [-0.2, -0.15) is 0 Å². The summed E-state index contributed by atoms with van der Waals surface area (Å²) in [5.41, 5.74) is 1.45. The minimum atomic E-state index is 1.14. The lowest BCUT2D eigenvalue weighted by Gasteiger charge is -2.11. The van der Waals surface area contributed by atoms with E-state index in [1.807, 2.05) is 11.8 Å². The van der Waals surface area contributed by atoms with Crippen LogP contribution < -0.4 is 4.90 Å². The van der Waals surface area contributed by atoms with Crippen molar-refractivity contribution in [1.29, 1.82) is 0 Å². The molecule has 0 radical (unpaired) electrons.